The number of carbonyl (C=O) groups excluding carboxylic acids is 1. The number of pyridine rings is 1. The lowest BCUT2D eigenvalue weighted by Crippen LogP contribution is -2.39. The molecular weight excluding hydrogens is 330 g/mol. The van der Waals surface area contributed by atoms with Crippen LogP contribution in [0.4, 0.5) is 0 Å². The van der Waals surface area contributed by atoms with E-state index in [0.29, 0.717) is 24.6 Å². The molecule has 26 heavy (non-hydrogen) atoms. The third kappa shape index (κ3) is 4.04. The van der Waals surface area contributed by atoms with Crippen LogP contribution in [0, 0.1) is 0 Å². The molecule has 0 radical (unpaired) electrons. The number of likely N-dealkylation sites (tertiary alicyclic amines) is 1. The van der Waals surface area contributed by atoms with Gasteiger partial charge in [0.2, 0.25) is 5.56 Å². The number of aromatic nitrogens is 3. The molecule has 3 heterocycles. The number of hydrogen-bond donors (Lipinski definition) is 0. The van der Waals surface area contributed by atoms with Gasteiger partial charge in [-0.25, -0.2) is 4.98 Å². The van der Waals surface area contributed by atoms with Crippen LogP contribution in [0.1, 0.15) is 34.9 Å². The van der Waals surface area contributed by atoms with Gasteiger partial charge >= 0.3 is 0 Å². The lowest BCUT2D eigenvalue weighted by atomic mass is 9.95. The first kappa shape index (κ1) is 18.4. The molecular formula is C19H27N5O2. The van der Waals surface area contributed by atoms with Gasteiger partial charge in [-0.2, -0.15) is 0 Å². The predicted octanol–water partition coefficient (Wildman–Crippen LogP) is 1.16. The number of imidazole rings is 1. The fourth-order valence-electron chi connectivity index (χ4n) is 3.42. The number of nitrogens with zero attached hydrogens (tertiary/aromatic N) is 5. The molecule has 1 saturated heterocycles. The Kier molecular flexibility index (Phi) is 5.56. The lowest BCUT2D eigenvalue weighted by molar-refractivity contribution is 0.0709. The van der Waals surface area contributed by atoms with Crippen LogP contribution in [0.2, 0.25) is 0 Å². The maximum atomic E-state index is 12.7. The molecule has 1 aliphatic heterocycles. The molecule has 0 saturated carbocycles. The van der Waals surface area contributed by atoms with Crippen molar-refractivity contribution in [3.05, 3.63) is 52.5 Å². The molecule has 0 aromatic carbocycles. The third-order valence-electron chi connectivity index (χ3n) is 5.02. The Morgan fingerprint density at radius 1 is 1.27 bits per heavy atom. The molecule has 7 nitrogen and oxygen atoms in total. The van der Waals surface area contributed by atoms with Crippen molar-refractivity contribution in [3.8, 4) is 0 Å². The Bertz CT molecular complexity index is 815. The van der Waals surface area contributed by atoms with Crippen molar-refractivity contribution in [3.63, 3.8) is 0 Å². The molecule has 0 N–H and O–H groups in total. The fourth-order valence-corrected chi connectivity index (χ4v) is 3.42. The zero-order valence-electron chi connectivity index (χ0n) is 15.8. The summed E-state index contributed by atoms with van der Waals surface area (Å²) < 4.78 is 3.68. The smallest absolute Gasteiger partial charge is 0.255 e. The first-order valence-corrected chi connectivity index (χ1v) is 9.07. The van der Waals surface area contributed by atoms with E-state index in [9.17, 15) is 9.59 Å². The van der Waals surface area contributed by atoms with Gasteiger partial charge in [0.25, 0.3) is 5.91 Å². The number of rotatable bonds is 5. The summed E-state index contributed by atoms with van der Waals surface area (Å²) in [6, 6.07) is 3.06. The van der Waals surface area contributed by atoms with Crippen molar-refractivity contribution < 1.29 is 4.79 Å². The molecule has 3 rings (SSSR count). The summed E-state index contributed by atoms with van der Waals surface area (Å²) in [6.07, 6.45) is 7.35. The van der Waals surface area contributed by atoms with E-state index >= 15 is 0 Å². The average Bonchev–Trinajstić information content (AvgIpc) is 3.10. The van der Waals surface area contributed by atoms with Crippen LogP contribution in [0.15, 0.2) is 35.5 Å². The molecule has 0 unspecified atom stereocenters. The van der Waals surface area contributed by atoms with Gasteiger partial charge in [-0.1, -0.05) is 0 Å². The molecule has 1 fully saturated rings. The van der Waals surface area contributed by atoms with Crippen LogP contribution in [-0.4, -0.2) is 63.6 Å². The Labute approximate surface area is 153 Å². The topological polar surface area (TPSA) is 63.4 Å². The van der Waals surface area contributed by atoms with E-state index in [-0.39, 0.29) is 11.5 Å². The SMILES string of the molecule is CN(C)CCn1ccnc1C1CCN(C(=O)c2ccc(=O)n(C)c2)CC1. The molecule has 0 spiro atoms. The second-order valence-corrected chi connectivity index (χ2v) is 7.22. The van der Waals surface area contributed by atoms with Crippen molar-refractivity contribution in [1.82, 2.24) is 23.9 Å². The van der Waals surface area contributed by atoms with E-state index in [0.717, 1.165) is 31.8 Å². The van der Waals surface area contributed by atoms with E-state index in [4.69, 9.17) is 0 Å². The first-order chi connectivity index (χ1) is 12.5. The van der Waals surface area contributed by atoms with E-state index in [2.05, 4.69) is 28.5 Å². The van der Waals surface area contributed by atoms with E-state index < -0.39 is 0 Å². The maximum absolute atomic E-state index is 12.7. The summed E-state index contributed by atoms with van der Waals surface area (Å²) in [6.45, 7) is 3.34. The monoisotopic (exact) mass is 357 g/mol. The lowest BCUT2D eigenvalue weighted by Gasteiger charge is -2.32. The number of piperidine rings is 1. The summed E-state index contributed by atoms with van der Waals surface area (Å²) in [7, 11) is 5.80. The van der Waals surface area contributed by atoms with Crippen molar-refractivity contribution in [2.75, 3.05) is 33.7 Å². The number of aryl methyl sites for hydroxylation is 1. The van der Waals surface area contributed by atoms with Crippen LogP contribution in [0.5, 0.6) is 0 Å². The molecule has 2 aromatic rings. The summed E-state index contributed by atoms with van der Waals surface area (Å²) in [5.41, 5.74) is 0.461. The van der Waals surface area contributed by atoms with E-state index in [1.165, 1.54) is 10.6 Å². The van der Waals surface area contributed by atoms with Gasteiger partial charge in [0.05, 0.1) is 5.56 Å². The molecule has 0 bridgehead atoms. The summed E-state index contributed by atoms with van der Waals surface area (Å²) >= 11 is 0. The van der Waals surface area contributed by atoms with Crippen LogP contribution in [0.25, 0.3) is 0 Å². The highest BCUT2D eigenvalue weighted by Gasteiger charge is 2.27. The van der Waals surface area contributed by atoms with Gasteiger partial charge in [-0.15, -0.1) is 0 Å². The minimum Gasteiger partial charge on any atom is -0.339 e. The van der Waals surface area contributed by atoms with E-state index in [1.54, 1.807) is 19.3 Å². The fraction of sp³-hybridized carbons (Fsp3) is 0.526. The average molecular weight is 357 g/mol. The second kappa shape index (κ2) is 7.86. The summed E-state index contributed by atoms with van der Waals surface area (Å²) in [4.78, 5) is 32.8. The Hall–Kier alpha value is -2.41. The highest BCUT2D eigenvalue weighted by molar-refractivity contribution is 5.93. The molecule has 0 aliphatic carbocycles. The van der Waals surface area contributed by atoms with Crippen molar-refractivity contribution >= 4 is 5.91 Å². The number of hydrogen-bond acceptors (Lipinski definition) is 4. The highest BCUT2D eigenvalue weighted by atomic mass is 16.2. The van der Waals surface area contributed by atoms with E-state index in [1.807, 2.05) is 17.3 Å². The van der Waals surface area contributed by atoms with Gasteiger partial charge in [0.15, 0.2) is 0 Å². The normalized spacial score (nSPS) is 15.6. The zero-order valence-corrected chi connectivity index (χ0v) is 15.8. The van der Waals surface area contributed by atoms with Crippen LogP contribution < -0.4 is 5.56 Å². The number of carbonyl (C=O) groups is 1. The predicted molar refractivity (Wildman–Crippen MR) is 100 cm³/mol. The highest BCUT2D eigenvalue weighted by Crippen LogP contribution is 2.27. The number of likely N-dealkylation sites (N-methyl/N-ethyl adjacent to an activating group) is 1. The van der Waals surface area contributed by atoms with Crippen molar-refractivity contribution in [1.29, 1.82) is 0 Å². The zero-order chi connectivity index (χ0) is 18.7. The minimum absolute atomic E-state index is 0.00463. The molecule has 7 heteroatoms. The van der Waals surface area contributed by atoms with Gasteiger partial charge < -0.3 is 18.9 Å². The quantitative estimate of drug-likeness (QED) is 0.806. The molecule has 140 valence electrons. The van der Waals surface area contributed by atoms with Crippen LogP contribution >= 0.6 is 0 Å². The standard InChI is InChI=1S/C19H27N5O2/c1-21(2)12-13-23-11-8-20-18(23)15-6-9-24(10-7-15)19(26)16-4-5-17(25)22(3)14-16/h4-5,8,11,14-15H,6-7,9-10,12-13H2,1-3H3. The Morgan fingerprint density at radius 2 is 2.00 bits per heavy atom. The van der Waals surface area contributed by atoms with Crippen molar-refractivity contribution in [2.45, 2.75) is 25.3 Å². The second-order valence-electron chi connectivity index (χ2n) is 7.22. The molecule has 0 atom stereocenters. The maximum Gasteiger partial charge on any atom is 0.255 e. The molecule has 2 aromatic heterocycles. The Balaban J connectivity index is 1.62. The van der Waals surface area contributed by atoms with Gasteiger partial charge in [-0.3, -0.25) is 9.59 Å². The van der Waals surface area contributed by atoms with Gasteiger partial charge in [0.1, 0.15) is 5.82 Å². The number of amides is 1. The minimum atomic E-state index is -0.107. The first-order valence-electron chi connectivity index (χ1n) is 9.07. The molecule has 1 aliphatic rings. The Morgan fingerprint density at radius 3 is 2.65 bits per heavy atom. The van der Waals surface area contributed by atoms with Gasteiger partial charge in [-0.05, 0) is 33.0 Å². The molecule has 1 amide bonds. The third-order valence-corrected chi connectivity index (χ3v) is 5.02. The van der Waals surface area contributed by atoms with Crippen molar-refractivity contribution in [2.24, 2.45) is 7.05 Å². The summed E-state index contributed by atoms with van der Waals surface area (Å²) in [5.74, 6) is 1.51. The summed E-state index contributed by atoms with van der Waals surface area (Å²) in [5, 5.41) is 0. The van der Waals surface area contributed by atoms with Crippen LogP contribution in [0.3, 0.4) is 0 Å². The van der Waals surface area contributed by atoms with Gasteiger partial charge in [0, 0.05) is 63.8 Å². The van der Waals surface area contributed by atoms with Crippen LogP contribution in [-0.2, 0) is 13.6 Å². The largest absolute Gasteiger partial charge is 0.339 e.